The number of nitrogens with one attached hydrogen (secondary N) is 1. The molecule has 0 aromatic carbocycles. The van der Waals surface area contributed by atoms with Gasteiger partial charge in [-0.25, -0.2) is 0 Å². The molecule has 1 aromatic heterocycles. The van der Waals surface area contributed by atoms with Crippen molar-refractivity contribution in [3.8, 4) is 0 Å². The Hall–Kier alpha value is -2.11. The fourth-order valence-electron chi connectivity index (χ4n) is 1.40. The topological polar surface area (TPSA) is 101 Å². The molecule has 0 saturated carbocycles. The lowest BCUT2D eigenvalue weighted by molar-refractivity contribution is -0.120. The maximum atomic E-state index is 11.4. The monoisotopic (exact) mass is 236 g/mol. The number of nitrogens with zero attached hydrogens (tertiary/aromatic N) is 2. The van der Waals surface area contributed by atoms with Crippen LogP contribution in [0.3, 0.4) is 0 Å². The quantitative estimate of drug-likeness (QED) is 0.298. The Morgan fingerprint density at radius 2 is 2.41 bits per heavy atom. The van der Waals surface area contributed by atoms with Gasteiger partial charge in [-0.15, -0.1) is 0 Å². The first kappa shape index (κ1) is 13.0. The van der Waals surface area contributed by atoms with E-state index in [2.05, 4.69) is 15.5 Å². The average Bonchev–Trinajstić information content (AvgIpc) is 2.36. The normalized spacial score (nSPS) is 11.2. The molecule has 1 aromatic rings. The fraction of sp³-hybridized carbons (Fsp3) is 0.364. The van der Waals surface area contributed by atoms with Gasteiger partial charge >= 0.3 is 0 Å². The van der Waals surface area contributed by atoms with Crippen molar-refractivity contribution < 1.29 is 10.0 Å². The van der Waals surface area contributed by atoms with Gasteiger partial charge in [0.15, 0.2) is 0 Å². The van der Waals surface area contributed by atoms with Gasteiger partial charge in [0.2, 0.25) is 5.91 Å². The molecule has 0 unspecified atom stereocenters. The van der Waals surface area contributed by atoms with Crippen LogP contribution in [0, 0.1) is 0 Å². The molecule has 0 spiro atoms. The fourth-order valence-corrected chi connectivity index (χ4v) is 1.40. The van der Waals surface area contributed by atoms with E-state index in [1.54, 1.807) is 6.20 Å². The molecule has 92 valence electrons. The van der Waals surface area contributed by atoms with Gasteiger partial charge in [-0.3, -0.25) is 9.78 Å². The Morgan fingerprint density at radius 1 is 1.65 bits per heavy atom. The molecule has 0 fully saturated rings. The molecular weight excluding hydrogens is 220 g/mol. The SMILES string of the molecule is CCc1cccnc1CNC(=O)C/C(N)=N/O. The van der Waals surface area contributed by atoms with Gasteiger partial charge in [0.05, 0.1) is 18.7 Å². The van der Waals surface area contributed by atoms with Crippen LogP contribution in [0.2, 0.25) is 0 Å². The summed E-state index contributed by atoms with van der Waals surface area (Å²) in [5.74, 6) is -0.410. The summed E-state index contributed by atoms with van der Waals surface area (Å²) in [6.07, 6.45) is 2.42. The van der Waals surface area contributed by atoms with E-state index in [0.717, 1.165) is 17.7 Å². The Kier molecular flexibility index (Phi) is 4.93. The minimum absolute atomic E-state index is 0.112. The Labute approximate surface area is 99.5 Å². The second-order valence-corrected chi connectivity index (χ2v) is 3.51. The standard InChI is InChI=1S/C11H16N4O2/c1-2-8-4-3-5-13-9(8)7-14-11(16)6-10(12)15-17/h3-5,17H,2,6-7H2,1H3,(H2,12,15)(H,14,16). The highest BCUT2D eigenvalue weighted by atomic mass is 16.4. The van der Waals surface area contributed by atoms with Gasteiger partial charge in [0.1, 0.15) is 5.84 Å². The van der Waals surface area contributed by atoms with Gasteiger partial charge in [-0.1, -0.05) is 18.1 Å². The number of amides is 1. The van der Waals surface area contributed by atoms with E-state index in [1.807, 2.05) is 19.1 Å². The molecule has 0 saturated heterocycles. The zero-order chi connectivity index (χ0) is 12.7. The number of pyridine rings is 1. The number of amidine groups is 1. The van der Waals surface area contributed by atoms with Crippen molar-refractivity contribution in [1.29, 1.82) is 0 Å². The summed E-state index contributed by atoms with van der Waals surface area (Å²) >= 11 is 0. The van der Waals surface area contributed by atoms with Crippen LogP contribution in [0.25, 0.3) is 0 Å². The van der Waals surface area contributed by atoms with E-state index in [4.69, 9.17) is 10.9 Å². The van der Waals surface area contributed by atoms with Gasteiger partial charge in [0.25, 0.3) is 0 Å². The van der Waals surface area contributed by atoms with Gasteiger partial charge < -0.3 is 16.3 Å². The molecule has 0 bridgehead atoms. The Bertz CT molecular complexity index is 418. The summed E-state index contributed by atoms with van der Waals surface area (Å²) < 4.78 is 0. The number of hydrogen-bond acceptors (Lipinski definition) is 4. The largest absolute Gasteiger partial charge is 0.409 e. The van der Waals surface area contributed by atoms with Crippen molar-refractivity contribution in [1.82, 2.24) is 10.3 Å². The molecule has 1 amide bonds. The van der Waals surface area contributed by atoms with Gasteiger partial charge in [-0.2, -0.15) is 0 Å². The van der Waals surface area contributed by atoms with Gasteiger partial charge in [-0.05, 0) is 18.1 Å². The maximum absolute atomic E-state index is 11.4. The van der Waals surface area contributed by atoms with Crippen LogP contribution in [-0.2, 0) is 17.8 Å². The van der Waals surface area contributed by atoms with Crippen LogP contribution in [0.15, 0.2) is 23.5 Å². The first-order valence-electron chi connectivity index (χ1n) is 5.33. The number of aromatic nitrogens is 1. The molecule has 17 heavy (non-hydrogen) atoms. The van der Waals surface area contributed by atoms with E-state index in [9.17, 15) is 4.79 Å². The highest BCUT2D eigenvalue weighted by molar-refractivity contribution is 5.98. The molecule has 1 heterocycles. The summed E-state index contributed by atoms with van der Waals surface area (Å²) in [5.41, 5.74) is 7.15. The number of carbonyl (C=O) groups is 1. The Balaban J connectivity index is 2.53. The molecule has 0 aliphatic carbocycles. The third kappa shape index (κ3) is 4.10. The van der Waals surface area contributed by atoms with E-state index in [-0.39, 0.29) is 18.2 Å². The molecule has 0 aliphatic rings. The number of nitrogens with two attached hydrogens (primary N) is 1. The van der Waals surface area contributed by atoms with Crippen LogP contribution in [0.4, 0.5) is 0 Å². The molecule has 0 aliphatic heterocycles. The van der Waals surface area contributed by atoms with E-state index in [0.29, 0.717) is 6.54 Å². The van der Waals surface area contributed by atoms with E-state index in [1.165, 1.54) is 0 Å². The predicted molar refractivity (Wildman–Crippen MR) is 63.5 cm³/mol. The zero-order valence-corrected chi connectivity index (χ0v) is 9.68. The lowest BCUT2D eigenvalue weighted by Crippen LogP contribution is -2.28. The number of carbonyl (C=O) groups excluding carboxylic acids is 1. The first-order valence-corrected chi connectivity index (χ1v) is 5.33. The van der Waals surface area contributed by atoms with Gasteiger partial charge in [0, 0.05) is 6.20 Å². The second-order valence-electron chi connectivity index (χ2n) is 3.51. The number of aryl methyl sites for hydroxylation is 1. The highest BCUT2D eigenvalue weighted by Gasteiger charge is 2.06. The summed E-state index contributed by atoms with van der Waals surface area (Å²) in [4.78, 5) is 15.6. The molecule has 0 atom stereocenters. The molecule has 6 heteroatoms. The second kappa shape index (κ2) is 6.47. The van der Waals surface area contributed by atoms with Crippen molar-refractivity contribution in [2.75, 3.05) is 0 Å². The molecule has 0 radical (unpaired) electrons. The van der Waals surface area contributed by atoms with Crippen LogP contribution >= 0.6 is 0 Å². The van der Waals surface area contributed by atoms with Crippen LogP contribution in [0.5, 0.6) is 0 Å². The molecule has 6 nitrogen and oxygen atoms in total. The summed E-state index contributed by atoms with van der Waals surface area (Å²) in [5, 5.41) is 13.7. The van der Waals surface area contributed by atoms with Crippen molar-refractivity contribution in [3.63, 3.8) is 0 Å². The third-order valence-corrected chi connectivity index (χ3v) is 2.29. The summed E-state index contributed by atoms with van der Waals surface area (Å²) in [7, 11) is 0. The summed E-state index contributed by atoms with van der Waals surface area (Å²) in [6.45, 7) is 2.38. The van der Waals surface area contributed by atoms with Crippen molar-refractivity contribution in [2.24, 2.45) is 10.9 Å². The van der Waals surface area contributed by atoms with Crippen molar-refractivity contribution in [3.05, 3.63) is 29.6 Å². The van der Waals surface area contributed by atoms with Crippen molar-refractivity contribution >= 4 is 11.7 Å². The smallest absolute Gasteiger partial charge is 0.228 e. The van der Waals surface area contributed by atoms with Crippen LogP contribution in [0.1, 0.15) is 24.6 Å². The minimum Gasteiger partial charge on any atom is -0.409 e. The minimum atomic E-state index is -0.298. The molecule has 1 rings (SSSR count). The first-order chi connectivity index (χ1) is 8.17. The average molecular weight is 236 g/mol. The van der Waals surface area contributed by atoms with E-state index >= 15 is 0 Å². The Morgan fingerprint density at radius 3 is 3.06 bits per heavy atom. The zero-order valence-electron chi connectivity index (χ0n) is 9.68. The number of rotatable bonds is 5. The maximum Gasteiger partial charge on any atom is 0.228 e. The summed E-state index contributed by atoms with van der Waals surface area (Å²) in [6, 6.07) is 3.83. The van der Waals surface area contributed by atoms with Crippen molar-refractivity contribution in [2.45, 2.75) is 26.3 Å². The van der Waals surface area contributed by atoms with Crippen LogP contribution in [-0.4, -0.2) is 21.9 Å². The van der Waals surface area contributed by atoms with E-state index < -0.39 is 0 Å². The third-order valence-electron chi connectivity index (χ3n) is 2.29. The number of hydrogen-bond donors (Lipinski definition) is 3. The van der Waals surface area contributed by atoms with Crippen LogP contribution < -0.4 is 11.1 Å². The lowest BCUT2D eigenvalue weighted by atomic mass is 10.1. The number of oxime groups is 1. The molecular formula is C11H16N4O2. The molecule has 4 N–H and O–H groups in total. The lowest BCUT2D eigenvalue weighted by Gasteiger charge is -2.07. The highest BCUT2D eigenvalue weighted by Crippen LogP contribution is 2.05. The predicted octanol–water partition coefficient (Wildman–Crippen LogP) is 0.397.